The fourth-order valence-electron chi connectivity index (χ4n) is 2.28. The molecule has 2 rings (SSSR count). The van der Waals surface area contributed by atoms with Gasteiger partial charge in [0.05, 0.1) is 4.90 Å². The van der Waals surface area contributed by atoms with Gasteiger partial charge in [0.25, 0.3) is 0 Å². The van der Waals surface area contributed by atoms with Crippen molar-refractivity contribution in [3.05, 3.63) is 54.1 Å². The van der Waals surface area contributed by atoms with E-state index < -0.39 is 10.0 Å². The molecule has 0 spiro atoms. The second-order valence-corrected chi connectivity index (χ2v) is 8.62. The molecule has 1 amide bonds. The van der Waals surface area contributed by atoms with Crippen LogP contribution in [0.15, 0.2) is 53.4 Å². The molecule has 140 valence electrons. The molecule has 0 aliphatic heterocycles. The number of carbonyl (C=O) groups excluding carboxylic acids is 1. The zero-order valence-electron chi connectivity index (χ0n) is 15.4. The lowest BCUT2D eigenvalue weighted by atomic mass is 10.1. The van der Waals surface area contributed by atoms with Crippen LogP contribution >= 0.6 is 0 Å². The predicted molar refractivity (Wildman–Crippen MR) is 102 cm³/mol. The van der Waals surface area contributed by atoms with Crippen LogP contribution in [0.1, 0.15) is 33.3 Å². The number of carbonyl (C=O) groups is 1. The first-order valence-corrected chi connectivity index (χ1v) is 9.69. The molecule has 0 radical (unpaired) electrons. The Hall–Kier alpha value is -2.38. The summed E-state index contributed by atoms with van der Waals surface area (Å²) in [7, 11) is -3.73. The molecule has 7 heteroatoms. The van der Waals surface area contributed by atoms with Crippen LogP contribution in [0.3, 0.4) is 0 Å². The first-order chi connectivity index (χ1) is 12.1. The number of anilines is 1. The molecule has 0 unspecified atom stereocenters. The van der Waals surface area contributed by atoms with Gasteiger partial charge in [-0.25, -0.2) is 13.1 Å². The van der Waals surface area contributed by atoms with E-state index in [2.05, 4.69) is 10.0 Å². The third-order valence-corrected chi connectivity index (χ3v) is 4.71. The molecule has 0 bridgehead atoms. The second-order valence-electron chi connectivity index (χ2n) is 6.86. The molecule has 0 saturated heterocycles. The van der Waals surface area contributed by atoms with Crippen molar-refractivity contribution in [3.63, 3.8) is 0 Å². The zero-order valence-corrected chi connectivity index (χ0v) is 16.2. The van der Waals surface area contributed by atoms with Gasteiger partial charge in [-0.15, -0.1) is 0 Å². The van der Waals surface area contributed by atoms with Crippen molar-refractivity contribution in [2.24, 2.45) is 0 Å². The van der Waals surface area contributed by atoms with Crippen molar-refractivity contribution in [2.45, 2.75) is 44.7 Å². The monoisotopic (exact) mass is 376 g/mol. The highest BCUT2D eigenvalue weighted by Gasteiger charge is 2.18. The van der Waals surface area contributed by atoms with E-state index in [4.69, 9.17) is 4.74 Å². The first kappa shape index (κ1) is 19.9. The minimum atomic E-state index is -3.73. The molecule has 0 fully saturated rings. The highest BCUT2D eigenvalue weighted by Crippen LogP contribution is 2.23. The van der Waals surface area contributed by atoms with Crippen molar-refractivity contribution in [3.8, 4) is 5.75 Å². The number of ether oxygens (including phenoxy) is 1. The van der Waals surface area contributed by atoms with Gasteiger partial charge in [-0.3, -0.25) is 4.79 Å². The molecular formula is C19H24N2O4S. The Kier molecular flexibility index (Phi) is 6.05. The van der Waals surface area contributed by atoms with Gasteiger partial charge >= 0.3 is 0 Å². The lowest BCUT2D eigenvalue weighted by molar-refractivity contribution is -0.114. The first-order valence-electron chi connectivity index (χ1n) is 8.21. The minimum Gasteiger partial charge on any atom is -0.488 e. The largest absolute Gasteiger partial charge is 0.488 e. The molecule has 2 aromatic rings. The standard InChI is InChI=1S/C19H24N2O4S/c1-14(22)21-16-9-7-10-17(12-16)26(23,24)20-13-15-8-5-6-11-18(15)25-19(2,3)4/h5-12,20H,13H2,1-4H3,(H,21,22). The normalized spacial score (nSPS) is 11.8. The van der Waals surface area contributed by atoms with Crippen molar-refractivity contribution >= 4 is 21.6 Å². The smallest absolute Gasteiger partial charge is 0.240 e. The van der Waals surface area contributed by atoms with Crippen LogP contribution < -0.4 is 14.8 Å². The van der Waals surface area contributed by atoms with Gasteiger partial charge < -0.3 is 10.1 Å². The fraction of sp³-hybridized carbons (Fsp3) is 0.316. The summed E-state index contributed by atoms with van der Waals surface area (Å²) in [5.41, 5.74) is 0.780. The SMILES string of the molecule is CC(=O)Nc1cccc(S(=O)(=O)NCc2ccccc2OC(C)(C)C)c1. The van der Waals surface area contributed by atoms with Crippen LogP contribution in [0.5, 0.6) is 5.75 Å². The number of amides is 1. The van der Waals surface area contributed by atoms with Crippen LogP contribution in [0.2, 0.25) is 0 Å². The van der Waals surface area contributed by atoms with Crippen molar-refractivity contribution < 1.29 is 17.9 Å². The van der Waals surface area contributed by atoms with Crippen LogP contribution in [-0.4, -0.2) is 19.9 Å². The van der Waals surface area contributed by atoms with Gasteiger partial charge in [-0.1, -0.05) is 24.3 Å². The number of para-hydroxylation sites is 1. The van der Waals surface area contributed by atoms with E-state index >= 15 is 0 Å². The third-order valence-electron chi connectivity index (χ3n) is 3.31. The Balaban J connectivity index is 2.18. The van der Waals surface area contributed by atoms with E-state index in [0.717, 1.165) is 5.56 Å². The number of benzene rings is 2. The fourth-order valence-corrected chi connectivity index (χ4v) is 3.33. The lowest BCUT2D eigenvalue weighted by Crippen LogP contribution is -2.26. The molecular weight excluding hydrogens is 352 g/mol. The molecule has 0 atom stereocenters. The van der Waals surface area contributed by atoms with Crippen LogP contribution in [-0.2, 0) is 21.4 Å². The molecule has 6 nitrogen and oxygen atoms in total. The lowest BCUT2D eigenvalue weighted by Gasteiger charge is -2.23. The van der Waals surface area contributed by atoms with Gasteiger partial charge in [0.15, 0.2) is 0 Å². The number of sulfonamides is 1. The molecule has 2 N–H and O–H groups in total. The molecule has 2 aromatic carbocycles. The Morgan fingerprint density at radius 3 is 2.42 bits per heavy atom. The molecule has 26 heavy (non-hydrogen) atoms. The summed E-state index contributed by atoms with van der Waals surface area (Å²) in [6.45, 7) is 7.26. The highest BCUT2D eigenvalue weighted by molar-refractivity contribution is 7.89. The van der Waals surface area contributed by atoms with Crippen LogP contribution in [0.4, 0.5) is 5.69 Å². The van der Waals surface area contributed by atoms with Gasteiger partial charge in [0, 0.05) is 24.7 Å². The zero-order chi connectivity index (χ0) is 19.4. The summed E-state index contributed by atoms with van der Waals surface area (Å²) < 4.78 is 33.6. The molecule has 0 aromatic heterocycles. The summed E-state index contributed by atoms with van der Waals surface area (Å²) in [5, 5.41) is 2.57. The molecule has 0 aliphatic carbocycles. The van der Waals surface area contributed by atoms with E-state index in [1.54, 1.807) is 12.1 Å². The number of rotatable bonds is 6. The topological polar surface area (TPSA) is 84.5 Å². The second kappa shape index (κ2) is 7.88. The Bertz CT molecular complexity index is 886. The Morgan fingerprint density at radius 1 is 1.08 bits per heavy atom. The summed E-state index contributed by atoms with van der Waals surface area (Å²) in [5.74, 6) is 0.371. The third kappa shape index (κ3) is 5.86. The quantitative estimate of drug-likeness (QED) is 0.810. The summed E-state index contributed by atoms with van der Waals surface area (Å²) in [6, 6.07) is 13.4. The van der Waals surface area contributed by atoms with E-state index in [1.807, 2.05) is 45.0 Å². The van der Waals surface area contributed by atoms with Gasteiger partial charge in [0.2, 0.25) is 15.9 Å². The Morgan fingerprint density at radius 2 is 1.77 bits per heavy atom. The molecule has 0 aliphatic rings. The number of hydrogen-bond donors (Lipinski definition) is 2. The van der Waals surface area contributed by atoms with E-state index in [0.29, 0.717) is 11.4 Å². The summed E-state index contributed by atoms with van der Waals surface area (Å²) in [4.78, 5) is 11.2. The van der Waals surface area contributed by atoms with E-state index in [1.165, 1.54) is 19.1 Å². The maximum Gasteiger partial charge on any atom is 0.240 e. The van der Waals surface area contributed by atoms with Crippen LogP contribution in [0.25, 0.3) is 0 Å². The van der Waals surface area contributed by atoms with Crippen molar-refractivity contribution in [1.29, 1.82) is 0 Å². The maximum absolute atomic E-state index is 12.6. The van der Waals surface area contributed by atoms with Gasteiger partial charge in [-0.05, 0) is 45.0 Å². The number of hydrogen-bond acceptors (Lipinski definition) is 4. The Labute approximate surface area is 154 Å². The van der Waals surface area contributed by atoms with Crippen molar-refractivity contribution in [1.82, 2.24) is 4.72 Å². The molecule has 0 saturated carbocycles. The van der Waals surface area contributed by atoms with Gasteiger partial charge in [0.1, 0.15) is 11.4 Å². The van der Waals surface area contributed by atoms with Crippen molar-refractivity contribution in [2.75, 3.05) is 5.32 Å². The van der Waals surface area contributed by atoms with Gasteiger partial charge in [-0.2, -0.15) is 0 Å². The number of nitrogens with one attached hydrogen (secondary N) is 2. The van der Waals surface area contributed by atoms with Crippen LogP contribution in [0, 0.1) is 0 Å². The maximum atomic E-state index is 12.6. The average Bonchev–Trinajstić information content (AvgIpc) is 2.52. The minimum absolute atomic E-state index is 0.0815. The van der Waals surface area contributed by atoms with E-state index in [-0.39, 0.29) is 22.9 Å². The average molecular weight is 376 g/mol. The van der Waals surface area contributed by atoms with E-state index in [9.17, 15) is 13.2 Å². The predicted octanol–water partition coefficient (Wildman–Crippen LogP) is 3.30. The highest BCUT2D eigenvalue weighted by atomic mass is 32.2. The summed E-state index contributed by atoms with van der Waals surface area (Å²) >= 11 is 0. The summed E-state index contributed by atoms with van der Waals surface area (Å²) in [6.07, 6.45) is 0. The molecule has 0 heterocycles.